The molecule has 0 aliphatic heterocycles. The van der Waals surface area contributed by atoms with Crippen molar-refractivity contribution in [2.24, 2.45) is 5.73 Å². The van der Waals surface area contributed by atoms with Crippen molar-refractivity contribution in [3.05, 3.63) is 35.9 Å². The van der Waals surface area contributed by atoms with E-state index in [1.165, 1.54) is 0 Å². The Bertz CT molecular complexity index is 384. The maximum absolute atomic E-state index is 12.1. The first kappa shape index (κ1) is 16.6. The molecule has 0 aliphatic rings. The van der Waals surface area contributed by atoms with E-state index in [0.29, 0.717) is 32.7 Å². The summed E-state index contributed by atoms with van der Waals surface area (Å²) in [7, 11) is 1.79. The molecule has 0 aliphatic carbocycles. The lowest BCUT2D eigenvalue weighted by molar-refractivity contribution is -0.131. The SMILES string of the molecule is CN(CCCN)C(=O)CN(CCO)Cc1ccccc1. The third-order valence-corrected chi connectivity index (χ3v) is 3.15. The number of nitrogens with two attached hydrogens (primary N) is 1. The molecule has 0 unspecified atom stereocenters. The Labute approximate surface area is 121 Å². The Hall–Kier alpha value is -1.43. The number of nitrogens with zero attached hydrogens (tertiary/aromatic N) is 2. The average Bonchev–Trinajstić information content (AvgIpc) is 2.46. The molecule has 0 bridgehead atoms. The molecule has 1 amide bonds. The van der Waals surface area contributed by atoms with Gasteiger partial charge in [-0.05, 0) is 18.5 Å². The molecule has 0 radical (unpaired) electrons. The maximum atomic E-state index is 12.1. The molecule has 3 N–H and O–H groups in total. The van der Waals surface area contributed by atoms with Crippen LogP contribution in [0.15, 0.2) is 30.3 Å². The number of aliphatic hydroxyl groups excluding tert-OH is 1. The van der Waals surface area contributed by atoms with E-state index in [9.17, 15) is 4.79 Å². The minimum atomic E-state index is 0.0482. The van der Waals surface area contributed by atoms with Crippen molar-refractivity contribution in [1.29, 1.82) is 0 Å². The predicted octanol–water partition coefficient (Wildman–Crippen LogP) is 0.288. The zero-order valence-electron chi connectivity index (χ0n) is 12.2. The molecule has 1 aromatic rings. The van der Waals surface area contributed by atoms with Crippen molar-refractivity contribution in [3.8, 4) is 0 Å². The second-order valence-corrected chi connectivity index (χ2v) is 4.88. The number of aliphatic hydroxyl groups is 1. The highest BCUT2D eigenvalue weighted by atomic mass is 16.3. The highest BCUT2D eigenvalue weighted by Crippen LogP contribution is 2.04. The summed E-state index contributed by atoms with van der Waals surface area (Å²) in [6.07, 6.45) is 0.806. The maximum Gasteiger partial charge on any atom is 0.236 e. The first-order valence-electron chi connectivity index (χ1n) is 6.98. The first-order chi connectivity index (χ1) is 9.67. The Morgan fingerprint density at radius 1 is 1.25 bits per heavy atom. The molecule has 0 spiro atoms. The molecule has 0 atom stereocenters. The summed E-state index contributed by atoms with van der Waals surface area (Å²) in [5.74, 6) is 0.0582. The molecule has 5 nitrogen and oxygen atoms in total. The normalized spacial score (nSPS) is 10.8. The highest BCUT2D eigenvalue weighted by Gasteiger charge is 2.14. The van der Waals surface area contributed by atoms with Crippen LogP contribution < -0.4 is 5.73 Å². The monoisotopic (exact) mass is 279 g/mol. The lowest BCUT2D eigenvalue weighted by atomic mass is 10.2. The number of benzene rings is 1. The molecule has 112 valence electrons. The Morgan fingerprint density at radius 2 is 1.95 bits per heavy atom. The molecule has 0 saturated carbocycles. The van der Waals surface area contributed by atoms with E-state index in [2.05, 4.69) is 0 Å². The topological polar surface area (TPSA) is 69.8 Å². The van der Waals surface area contributed by atoms with Crippen molar-refractivity contribution < 1.29 is 9.90 Å². The van der Waals surface area contributed by atoms with Gasteiger partial charge in [0.2, 0.25) is 5.91 Å². The van der Waals surface area contributed by atoms with Crippen LogP contribution in [0.1, 0.15) is 12.0 Å². The average molecular weight is 279 g/mol. The third-order valence-electron chi connectivity index (χ3n) is 3.15. The summed E-state index contributed by atoms with van der Waals surface area (Å²) in [5.41, 5.74) is 6.58. The fraction of sp³-hybridized carbons (Fsp3) is 0.533. The van der Waals surface area contributed by atoms with Gasteiger partial charge in [-0.1, -0.05) is 30.3 Å². The van der Waals surface area contributed by atoms with E-state index >= 15 is 0 Å². The predicted molar refractivity (Wildman–Crippen MR) is 80.1 cm³/mol. The Kier molecular flexibility index (Phi) is 7.87. The van der Waals surface area contributed by atoms with Gasteiger partial charge in [-0.2, -0.15) is 0 Å². The Balaban J connectivity index is 2.51. The summed E-state index contributed by atoms with van der Waals surface area (Å²) in [5, 5.41) is 9.12. The summed E-state index contributed by atoms with van der Waals surface area (Å²) < 4.78 is 0. The van der Waals surface area contributed by atoms with Gasteiger partial charge >= 0.3 is 0 Å². The standard InChI is InChI=1S/C15H25N3O2/c1-17(9-5-8-16)15(20)13-18(10-11-19)12-14-6-3-2-4-7-14/h2-4,6-7,19H,5,8-13,16H2,1H3. The number of likely N-dealkylation sites (N-methyl/N-ethyl adjacent to an activating group) is 1. The number of rotatable bonds is 9. The second kappa shape index (κ2) is 9.47. The summed E-state index contributed by atoms with van der Waals surface area (Å²) in [6, 6.07) is 9.95. The number of amides is 1. The van der Waals surface area contributed by atoms with Crippen LogP contribution in [-0.2, 0) is 11.3 Å². The molecule has 0 fully saturated rings. The number of hydrogen-bond donors (Lipinski definition) is 2. The van der Waals surface area contributed by atoms with Crippen LogP contribution in [0.4, 0.5) is 0 Å². The van der Waals surface area contributed by atoms with Crippen LogP contribution in [-0.4, -0.2) is 60.6 Å². The van der Waals surface area contributed by atoms with E-state index in [1.807, 2.05) is 35.2 Å². The van der Waals surface area contributed by atoms with Crippen LogP contribution in [0.2, 0.25) is 0 Å². The lowest BCUT2D eigenvalue weighted by Gasteiger charge is -2.24. The molecular formula is C15H25N3O2. The lowest BCUT2D eigenvalue weighted by Crippen LogP contribution is -2.40. The summed E-state index contributed by atoms with van der Waals surface area (Å²) >= 11 is 0. The van der Waals surface area contributed by atoms with E-state index < -0.39 is 0 Å². The first-order valence-corrected chi connectivity index (χ1v) is 6.98. The van der Waals surface area contributed by atoms with Gasteiger partial charge in [-0.25, -0.2) is 0 Å². The van der Waals surface area contributed by atoms with Crippen LogP contribution in [0.5, 0.6) is 0 Å². The van der Waals surface area contributed by atoms with Crippen LogP contribution in [0.3, 0.4) is 0 Å². The fourth-order valence-corrected chi connectivity index (χ4v) is 1.96. The quantitative estimate of drug-likeness (QED) is 0.681. The van der Waals surface area contributed by atoms with Gasteiger partial charge < -0.3 is 15.7 Å². The van der Waals surface area contributed by atoms with Gasteiger partial charge in [0.15, 0.2) is 0 Å². The number of carbonyl (C=O) groups excluding carboxylic acids is 1. The molecule has 5 heteroatoms. The van der Waals surface area contributed by atoms with E-state index in [1.54, 1.807) is 11.9 Å². The minimum absolute atomic E-state index is 0.0482. The van der Waals surface area contributed by atoms with Crippen LogP contribution in [0, 0.1) is 0 Å². The summed E-state index contributed by atoms with van der Waals surface area (Å²) in [4.78, 5) is 15.7. The largest absolute Gasteiger partial charge is 0.395 e. The van der Waals surface area contributed by atoms with Crippen LogP contribution in [0.25, 0.3) is 0 Å². The van der Waals surface area contributed by atoms with Gasteiger partial charge in [0.25, 0.3) is 0 Å². The van der Waals surface area contributed by atoms with Crippen molar-refractivity contribution in [2.45, 2.75) is 13.0 Å². The second-order valence-electron chi connectivity index (χ2n) is 4.88. The molecule has 0 heterocycles. The van der Waals surface area contributed by atoms with Crippen LogP contribution >= 0.6 is 0 Å². The highest BCUT2D eigenvalue weighted by molar-refractivity contribution is 5.77. The zero-order valence-corrected chi connectivity index (χ0v) is 12.2. The summed E-state index contributed by atoms with van der Waals surface area (Å²) in [6.45, 7) is 2.78. The minimum Gasteiger partial charge on any atom is -0.395 e. The smallest absolute Gasteiger partial charge is 0.236 e. The Morgan fingerprint density at radius 3 is 2.55 bits per heavy atom. The molecule has 1 aromatic carbocycles. The van der Waals surface area contributed by atoms with Crippen molar-refractivity contribution in [3.63, 3.8) is 0 Å². The van der Waals surface area contributed by atoms with Crippen molar-refractivity contribution in [1.82, 2.24) is 9.80 Å². The number of hydrogen-bond acceptors (Lipinski definition) is 4. The fourth-order valence-electron chi connectivity index (χ4n) is 1.96. The van der Waals surface area contributed by atoms with Gasteiger partial charge in [-0.3, -0.25) is 9.69 Å². The van der Waals surface area contributed by atoms with E-state index in [0.717, 1.165) is 12.0 Å². The molecule has 0 saturated heterocycles. The third kappa shape index (κ3) is 6.14. The molecular weight excluding hydrogens is 254 g/mol. The van der Waals surface area contributed by atoms with Gasteiger partial charge in [0.05, 0.1) is 13.2 Å². The molecule has 20 heavy (non-hydrogen) atoms. The van der Waals surface area contributed by atoms with E-state index in [-0.39, 0.29) is 12.5 Å². The molecule has 0 aromatic heterocycles. The van der Waals surface area contributed by atoms with Crippen molar-refractivity contribution >= 4 is 5.91 Å². The van der Waals surface area contributed by atoms with E-state index in [4.69, 9.17) is 10.8 Å². The zero-order chi connectivity index (χ0) is 14.8. The number of carbonyl (C=O) groups is 1. The molecule has 1 rings (SSSR count). The van der Waals surface area contributed by atoms with Crippen molar-refractivity contribution in [2.75, 3.05) is 39.8 Å². The van der Waals surface area contributed by atoms with Gasteiger partial charge in [0.1, 0.15) is 0 Å². The van der Waals surface area contributed by atoms with Gasteiger partial charge in [-0.15, -0.1) is 0 Å². The van der Waals surface area contributed by atoms with Gasteiger partial charge in [0, 0.05) is 26.7 Å².